The van der Waals surface area contributed by atoms with E-state index in [0.717, 1.165) is 20.9 Å². The zero-order chi connectivity index (χ0) is 11.1. The van der Waals surface area contributed by atoms with E-state index in [2.05, 4.69) is 0 Å². The maximum absolute atomic E-state index is 12.1. The lowest BCUT2D eigenvalue weighted by Gasteiger charge is -2.09. The van der Waals surface area contributed by atoms with Crippen LogP contribution in [0.4, 0.5) is 0 Å². The lowest BCUT2D eigenvalue weighted by atomic mass is 10.00. The molecule has 0 amide bonds. The molecular formula is C12H10O2S2. The minimum Gasteiger partial charge on any atom is -0.611 e. The summed E-state index contributed by atoms with van der Waals surface area (Å²) in [6, 6.07) is 9.53. The number of rotatable bonds is 0. The van der Waals surface area contributed by atoms with Crippen molar-refractivity contribution in [3.8, 4) is 0 Å². The minimum atomic E-state index is -1.02. The summed E-state index contributed by atoms with van der Waals surface area (Å²) in [4.78, 5) is 0. The van der Waals surface area contributed by atoms with Crippen LogP contribution in [0.15, 0.2) is 39.9 Å². The first-order valence-corrected chi connectivity index (χ1v) is 7.19. The molecule has 2 nitrogen and oxygen atoms in total. The van der Waals surface area contributed by atoms with Gasteiger partial charge in [0, 0.05) is 16.7 Å². The van der Waals surface area contributed by atoms with Crippen molar-refractivity contribution in [3.05, 3.63) is 52.4 Å². The van der Waals surface area contributed by atoms with Crippen molar-refractivity contribution in [2.45, 2.75) is 16.1 Å². The van der Waals surface area contributed by atoms with Gasteiger partial charge in [-0.15, -0.1) is 0 Å². The van der Waals surface area contributed by atoms with Crippen LogP contribution in [0.2, 0.25) is 0 Å². The fourth-order valence-electron chi connectivity index (χ4n) is 2.00. The second-order valence-corrected chi connectivity index (χ2v) is 6.32. The van der Waals surface area contributed by atoms with E-state index in [0.29, 0.717) is 5.75 Å². The average Bonchev–Trinajstić information content (AvgIpc) is 2.74. The smallest absolute Gasteiger partial charge is 0.213 e. The van der Waals surface area contributed by atoms with Crippen LogP contribution in [-0.4, -0.2) is 9.66 Å². The Morgan fingerprint density at radius 2 is 2.06 bits per heavy atom. The highest BCUT2D eigenvalue weighted by Gasteiger charge is 2.30. The Morgan fingerprint density at radius 1 is 1.25 bits per heavy atom. The summed E-state index contributed by atoms with van der Waals surface area (Å²) >= 11 is 0.436. The van der Waals surface area contributed by atoms with E-state index >= 15 is 0 Å². The zero-order valence-electron chi connectivity index (χ0n) is 8.42. The van der Waals surface area contributed by atoms with E-state index in [1.165, 1.54) is 11.3 Å². The van der Waals surface area contributed by atoms with Gasteiger partial charge in [-0.25, -0.2) is 0 Å². The first kappa shape index (κ1) is 10.4. The highest BCUT2D eigenvalue weighted by atomic mass is 32.2. The van der Waals surface area contributed by atoms with Crippen LogP contribution in [0.1, 0.15) is 22.8 Å². The third kappa shape index (κ3) is 1.50. The predicted octanol–water partition coefficient (Wildman–Crippen LogP) is 2.45. The molecule has 82 valence electrons. The highest BCUT2D eigenvalue weighted by molar-refractivity contribution is 7.92. The van der Waals surface area contributed by atoms with Gasteiger partial charge in [-0.2, -0.15) is 0 Å². The molecule has 0 spiro atoms. The third-order valence-corrected chi connectivity index (χ3v) is 5.59. The van der Waals surface area contributed by atoms with Crippen molar-refractivity contribution in [3.63, 3.8) is 0 Å². The Labute approximate surface area is 101 Å². The maximum atomic E-state index is 12.1. The Bertz CT molecular complexity index is 521. The van der Waals surface area contributed by atoms with E-state index < -0.39 is 17.3 Å². The molecule has 1 aliphatic heterocycles. The molecule has 1 aliphatic rings. The van der Waals surface area contributed by atoms with E-state index in [1.54, 1.807) is 0 Å². The van der Waals surface area contributed by atoms with Gasteiger partial charge in [-0.05, 0) is 17.0 Å². The molecule has 0 bridgehead atoms. The second-order valence-electron chi connectivity index (χ2n) is 3.75. The molecule has 2 unspecified atom stereocenters. The molecule has 0 saturated heterocycles. The van der Waals surface area contributed by atoms with Gasteiger partial charge in [0.05, 0.1) is 5.56 Å². The standard InChI is InChI=1S/C12H10O2S2/c13-11-9-4-2-1-3-8(9)7-16(14)12-10(11)5-6-15-12/h1-6,11,13H,7H2. The molecule has 1 aromatic carbocycles. The number of thiophene rings is 1. The SMILES string of the molecule is [O-][S+]1Cc2ccccc2C(O)c2ccsc21. The summed E-state index contributed by atoms with van der Waals surface area (Å²) in [7, 11) is 0. The van der Waals surface area contributed by atoms with E-state index in [9.17, 15) is 9.66 Å². The van der Waals surface area contributed by atoms with Crippen LogP contribution < -0.4 is 0 Å². The van der Waals surface area contributed by atoms with Crippen molar-refractivity contribution in [2.24, 2.45) is 0 Å². The molecule has 0 fully saturated rings. The summed E-state index contributed by atoms with van der Waals surface area (Å²) < 4.78 is 12.9. The zero-order valence-corrected chi connectivity index (χ0v) is 10.1. The Kier molecular flexibility index (Phi) is 2.52. The van der Waals surface area contributed by atoms with Crippen LogP contribution in [0.3, 0.4) is 0 Å². The Morgan fingerprint density at radius 3 is 2.94 bits per heavy atom. The molecular weight excluding hydrogens is 240 g/mol. The normalized spacial score (nSPS) is 23.4. The number of fused-ring (bicyclic) bond motifs is 2. The molecule has 2 heterocycles. The number of hydrogen-bond acceptors (Lipinski definition) is 3. The fourth-order valence-corrected chi connectivity index (χ4v) is 4.55. The highest BCUT2D eigenvalue weighted by Crippen LogP contribution is 2.38. The molecule has 0 radical (unpaired) electrons. The third-order valence-electron chi connectivity index (χ3n) is 2.80. The summed E-state index contributed by atoms with van der Waals surface area (Å²) in [6.45, 7) is 0. The Balaban J connectivity index is 2.21. The van der Waals surface area contributed by atoms with Gasteiger partial charge in [0.25, 0.3) is 0 Å². The van der Waals surface area contributed by atoms with Gasteiger partial charge in [-0.3, -0.25) is 0 Å². The van der Waals surface area contributed by atoms with Crippen LogP contribution in [0.5, 0.6) is 0 Å². The molecule has 1 aromatic heterocycles. The number of aliphatic hydroxyl groups excluding tert-OH is 1. The van der Waals surface area contributed by atoms with Gasteiger partial charge >= 0.3 is 0 Å². The van der Waals surface area contributed by atoms with Crippen molar-refractivity contribution in [2.75, 3.05) is 0 Å². The van der Waals surface area contributed by atoms with Crippen molar-refractivity contribution >= 4 is 22.5 Å². The van der Waals surface area contributed by atoms with Crippen LogP contribution in [0.25, 0.3) is 0 Å². The van der Waals surface area contributed by atoms with E-state index in [1.807, 2.05) is 35.7 Å². The Hall–Kier alpha value is -0.810. The fraction of sp³-hybridized carbons (Fsp3) is 0.167. The molecule has 0 saturated carbocycles. The maximum Gasteiger partial charge on any atom is 0.213 e. The van der Waals surface area contributed by atoms with Crippen LogP contribution in [-0.2, 0) is 16.9 Å². The lowest BCUT2D eigenvalue weighted by Crippen LogP contribution is -2.02. The summed E-state index contributed by atoms with van der Waals surface area (Å²) in [6.07, 6.45) is -0.635. The van der Waals surface area contributed by atoms with Crippen molar-refractivity contribution in [1.29, 1.82) is 0 Å². The van der Waals surface area contributed by atoms with Crippen LogP contribution in [0, 0.1) is 0 Å². The minimum absolute atomic E-state index is 0.501. The summed E-state index contributed by atoms with van der Waals surface area (Å²) in [5, 5.41) is 12.2. The first-order chi connectivity index (χ1) is 7.77. The van der Waals surface area contributed by atoms with Gasteiger partial charge in [0.2, 0.25) is 4.21 Å². The topological polar surface area (TPSA) is 43.3 Å². The van der Waals surface area contributed by atoms with E-state index in [-0.39, 0.29) is 0 Å². The monoisotopic (exact) mass is 250 g/mol. The molecule has 0 aliphatic carbocycles. The van der Waals surface area contributed by atoms with Crippen molar-refractivity contribution in [1.82, 2.24) is 0 Å². The van der Waals surface area contributed by atoms with Gasteiger partial charge in [0.15, 0.2) is 0 Å². The van der Waals surface area contributed by atoms with Gasteiger partial charge in [0.1, 0.15) is 11.9 Å². The summed E-state index contributed by atoms with van der Waals surface area (Å²) in [5.74, 6) is 0.501. The van der Waals surface area contributed by atoms with E-state index in [4.69, 9.17) is 0 Å². The number of aliphatic hydroxyl groups is 1. The van der Waals surface area contributed by atoms with Crippen molar-refractivity contribution < 1.29 is 9.66 Å². The van der Waals surface area contributed by atoms with Gasteiger partial charge < -0.3 is 9.66 Å². The molecule has 4 heteroatoms. The second kappa shape index (κ2) is 3.89. The number of benzene rings is 1. The number of hydrogen-bond donors (Lipinski definition) is 1. The average molecular weight is 250 g/mol. The quantitative estimate of drug-likeness (QED) is 0.730. The van der Waals surface area contributed by atoms with Gasteiger partial charge in [-0.1, -0.05) is 35.6 Å². The van der Waals surface area contributed by atoms with Crippen LogP contribution >= 0.6 is 11.3 Å². The molecule has 1 N–H and O–H groups in total. The predicted molar refractivity (Wildman–Crippen MR) is 64.9 cm³/mol. The first-order valence-electron chi connectivity index (χ1n) is 4.99. The summed E-state index contributed by atoms with van der Waals surface area (Å²) in [5.41, 5.74) is 2.66. The molecule has 16 heavy (non-hydrogen) atoms. The molecule has 2 atom stereocenters. The molecule has 2 aromatic rings. The molecule has 3 rings (SSSR count). The largest absolute Gasteiger partial charge is 0.611 e. The lowest BCUT2D eigenvalue weighted by molar-refractivity contribution is 0.218.